The maximum absolute atomic E-state index is 3.70. The molecule has 0 spiro atoms. The molecule has 120 valence electrons. The molecule has 2 unspecified atom stereocenters. The molecule has 1 heteroatoms. The van der Waals surface area contributed by atoms with Gasteiger partial charge in [-0.3, -0.25) is 0 Å². The van der Waals surface area contributed by atoms with Gasteiger partial charge in [-0.2, -0.15) is 0 Å². The first-order valence-electron chi connectivity index (χ1n) is 8.59. The zero-order valence-corrected chi connectivity index (χ0v) is 15.2. The molecule has 0 saturated carbocycles. The predicted molar refractivity (Wildman–Crippen MR) is 95.1 cm³/mol. The summed E-state index contributed by atoms with van der Waals surface area (Å²) in [6, 6.07) is 9.30. The molecular weight excluding hydrogens is 254 g/mol. The van der Waals surface area contributed by atoms with E-state index in [-0.39, 0.29) is 5.54 Å². The topological polar surface area (TPSA) is 12.0 Å². The number of hydrogen-bond donors (Lipinski definition) is 1. The summed E-state index contributed by atoms with van der Waals surface area (Å²) in [6.45, 7) is 17.0. The standard InChI is InChI=1S/C20H35N/c1-8-9-16(4)19(14-21-20(5,6)7)18-12-10-17(11-13-18)15(2)3/h10-13,15-16,19,21H,8-9,14H2,1-7H3. The van der Waals surface area contributed by atoms with E-state index in [4.69, 9.17) is 0 Å². The first kappa shape index (κ1) is 18.2. The molecule has 0 aliphatic carbocycles. The molecule has 1 aromatic carbocycles. The van der Waals surface area contributed by atoms with Crippen molar-refractivity contribution in [2.75, 3.05) is 6.54 Å². The summed E-state index contributed by atoms with van der Waals surface area (Å²) < 4.78 is 0. The Hall–Kier alpha value is -0.820. The average molecular weight is 290 g/mol. The molecule has 1 aromatic rings. The first-order chi connectivity index (χ1) is 9.74. The van der Waals surface area contributed by atoms with E-state index < -0.39 is 0 Å². The fourth-order valence-electron chi connectivity index (χ4n) is 2.85. The van der Waals surface area contributed by atoms with Crippen molar-refractivity contribution in [3.8, 4) is 0 Å². The summed E-state index contributed by atoms with van der Waals surface area (Å²) >= 11 is 0. The summed E-state index contributed by atoms with van der Waals surface area (Å²) in [5.41, 5.74) is 3.10. The second-order valence-corrected chi connectivity index (χ2v) is 7.82. The minimum absolute atomic E-state index is 0.183. The molecule has 1 N–H and O–H groups in total. The van der Waals surface area contributed by atoms with E-state index in [2.05, 4.69) is 78.0 Å². The van der Waals surface area contributed by atoms with Gasteiger partial charge >= 0.3 is 0 Å². The van der Waals surface area contributed by atoms with Gasteiger partial charge < -0.3 is 5.32 Å². The zero-order valence-electron chi connectivity index (χ0n) is 15.2. The van der Waals surface area contributed by atoms with E-state index in [1.807, 2.05) is 0 Å². The van der Waals surface area contributed by atoms with Gasteiger partial charge in [-0.05, 0) is 49.7 Å². The number of rotatable bonds is 7. The second-order valence-electron chi connectivity index (χ2n) is 7.82. The average Bonchev–Trinajstić information content (AvgIpc) is 2.38. The molecule has 0 aliphatic heterocycles. The summed E-state index contributed by atoms with van der Waals surface area (Å²) in [5.74, 6) is 1.93. The largest absolute Gasteiger partial charge is 0.311 e. The van der Waals surface area contributed by atoms with Gasteiger partial charge in [0.25, 0.3) is 0 Å². The van der Waals surface area contributed by atoms with Gasteiger partial charge in [0.15, 0.2) is 0 Å². The second kappa shape index (κ2) is 7.98. The van der Waals surface area contributed by atoms with Crippen molar-refractivity contribution in [1.29, 1.82) is 0 Å². The lowest BCUT2D eigenvalue weighted by Gasteiger charge is -2.29. The van der Waals surface area contributed by atoms with Gasteiger partial charge in [-0.15, -0.1) is 0 Å². The van der Waals surface area contributed by atoms with Crippen molar-refractivity contribution >= 4 is 0 Å². The van der Waals surface area contributed by atoms with Crippen LogP contribution in [0.3, 0.4) is 0 Å². The Morgan fingerprint density at radius 3 is 1.90 bits per heavy atom. The van der Waals surface area contributed by atoms with Crippen LogP contribution in [0.1, 0.15) is 84.3 Å². The van der Waals surface area contributed by atoms with Crippen LogP contribution in [-0.2, 0) is 0 Å². The van der Waals surface area contributed by atoms with Crippen LogP contribution in [0.25, 0.3) is 0 Å². The van der Waals surface area contributed by atoms with E-state index in [1.165, 1.54) is 24.0 Å². The van der Waals surface area contributed by atoms with Crippen LogP contribution in [0, 0.1) is 5.92 Å². The van der Waals surface area contributed by atoms with Gasteiger partial charge in [-0.1, -0.05) is 64.8 Å². The molecule has 0 aromatic heterocycles. The highest BCUT2D eigenvalue weighted by Crippen LogP contribution is 2.29. The summed E-state index contributed by atoms with van der Waals surface area (Å²) in [4.78, 5) is 0. The molecule has 1 nitrogen and oxygen atoms in total. The van der Waals surface area contributed by atoms with Gasteiger partial charge in [0.05, 0.1) is 0 Å². The monoisotopic (exact) mass is 289 g/mol. The number of nitrogens with one attached hydrogen (secondary N) is 1. The molecule has 1 rings (SSSR count). The summed E-state index contributed by atoms with van der Waals surface area (Å²) in [7, 11) is 0. The molecule has 0 heterocycles. The van der Waals surface area contributed by atoms with Crippen LogP contribution in [-0.4, -0.2) is 12.1 Å². The Morgan fingerprint density at radius 2 is 1.48 bits per heavy atom. The van der Waals surface area contributed by atoms with Crippen LogP contribution >= 0.6 is 0 Å². The van der Waals surface area contributed by atoms with E-state index in [1.54, 1.807) is 0 Å². The smallest absolute Gasteiger partial charge is 0.00967 e. The molecule has 0 saturated heterocycles. The molecule has 2 atom stereocenters. The molecule has 0 aliphatic rings. The lowest BCUT2D eigenvalue weighted by Crippen LogP contribution is -2.39. The van der Waals surface area contributed by atoms with Gasteiger partial charge in [0.2, 0.25) is 0 Å². The number of benzene rings is 1. The van der Waals surface area contributed by atoms with Crippen LogP contribution in [0.2, 0.25) is 0 Å². The third-order valence-corrected chi connectivity index (χ3v) is 4.31. The maximum atomic E-state index is 3.70. The SMILES string of the molecule is CCCC(C)C(CNC(C)(C)C)c1ccc(C(C)C)cc1. The zero-order chi connectivity index (χ0) is 16.0. The van der Waals surface area contributed by atoms with Crippen molar-refractivity contribution in [3.05, 3.63) is 35.4 Å². The highest BCUT2D eigenvalue weighted by atomic mass is 14.9. The van der Waals surface area contributed by atoms with E-state index in [0.29, 0.717) is 11.8 Å². The summed E-state index contributed by atoms with van der Waals surface area (Å²) in [5, 5.41) is 3.70. The fourth-order valence-corrected chi connectivity index (χ4v) is 2.85. The van der Waals surface area contributed by atoms with Gasteiger partial charge in [0.1, 0.15) is 0 Å². The van der Waals surface area contributed by atoms with Crippen LogP contribution < -0.4 is 5.32 Å². The molecule has 0 fully saturated rings. The normalized spacial score (nSPS) is 15.2. The van der Waals surface area contributed by atoms with Crippen molar-refractivity contribution < 1.29 is 0 Å². The van der Waals surface area contributed by atoms with Crippen LogP contribution in [0.4, 0.5) is 0 Å². The highest BCUT2D eigenvalue weighted by Gasteiger charge is 2.21. The maximum Gasteiger partial charge on any atom is 0.00967 e. The van der Waals surface area contributed by atoms with Crippen molar-refractivity contribution in [1.82, 2.24) is 5.32 Å². The lowest BCUT2D eigenvalue weighted by atomic mass is 9.83. The Labute approximate surface area is 132 Å². The highest BCUT2D eigenvalue weighted by molar-refractivity contribution is 5.28. The molecular formula is C20H35N. The quantitative estimate of drug-likeness (QED) is 0.677. The molecule has 21 heavy (non-hydrogen) atoms. The molecule has 0 bridgehead atoms. The third kappa shape index (κ3) is 6.22. The predicted octanol–water partition coefficient (Wildman–Crippen LogP) is 5.72. The van der Waals surface area contributed by atoms with Crippen molar-refractivity contribution in [2.24, 2.45) is 5.92 Å². The lowest BCUT2D eigenvalue weighted by molar-refractivity contribution is 0.348. The minimum Gasteiger partial charge on any atom is -0.311 e. The van der Waals surface area contributed by atoms with Crippen molar-refractivity contribution in [3.63, 3.8) is 0 Å². The van der Waals surface area contributed by atoms with E-state index in [0.717, 1.165) is 12.5 Å². The Balaban J connectivity index is 2.88. The minimum atomic E-state index is 0.183. The number of hydrogen-bond acceptors (Lipinski definition) is 1. The van der Waals surface area contributed by atoms with Crippen LogP contribution in [0.5, 0.6) is 0 Å². The van der Waals surface area contributed by atoms with Gasteiger partial charge in [0, 0.05) is 12.1 Å². The first-order valence-corrected chi connectivity index (χ1v) is 8.59. The van der Waals surface area contributed by atoms with Crippen LogP contribution in [0.15, 0.2) is 24.3 Å². The Kier molecular flexibility index (Phi) is 6.93. The molecule has 0 amide bonds. The fraction of sp³-hybridized carbons (Fsp3) is 0.700. The third-order valence-electron chi connectivity index (χ3n) is 4.31. The molecule has 0 radical (unpaired) electrons. The van der Waals surface area contributed by atoms with Crippen molar-refractivity contribution in [2.45, 2.75) is 78.7 Å². The van der Waals surface area contributed by atoms with Gasteiger partial charge in [-0.25, -0.2) is 0 Å². The Morgan fingerprint density at radius 1 is 0.952 bits per heavy atom. The Bertz CT molecular complexity index is 397. The van der Waals surface area contributed by atoms with E-state index in [9.17, 15) is 0 Å². The summed E-state index contributed by atoms with van der Waals surface area (Å²) in [6.07, 6.45) is 2.56. The van der Waals surface area contributed by atoms with E-state index >= 15 is 0 Å².